The predicted octanol–water partition coefficient (Wildman–Crippen LogP) is 6.08. The van der Waals surface area contributed by atoms with Gasteiger partial charge in [0.1, 0.15) is 0 Å². The van der Waals surface area contributed by atoms with Crippen LogP contribution in [-0.2, 0) is 15.8 Å². The van der Waals surface area contributed by atoms with Crippen LogP contribution in [0.4, 0.5) is 24.5 Å². The van der Waals surface area contributed by atoms with Crippen molar-refractivity contribution in [1.29, 1.82) is 0 Å². The Labute approximate surface area is 202 Å². The summed E-state index contributed by atoms with van der Waals surface area (Å²) in [5.74, 6) is 1.23. The maximum atomic E-state index is 12.9. The van der Waals surface area contributed by atoms with Gasteiger partial charge in [0.2, 0.25) is 6.23 Å². The molecular weight excluding hydrogens is 487 g/mol. The smallest absolute Gasteiger partial charge is 0.340 e. The molecule has 5 nitrogen and oxygen atoms in total. The topological polar surface area (TPSA) is 53.9 Å². The Kier molecular flexibility index (Phi) is 6.01. The molecule has 1 atom stereocenters. The van der Waals surface area contributed by atoms with Gasteiger partial charge in [0.15, 0.2) is 12.1 Å². The van der Waals surface area contributed by atoms with Crippen molar-refractivity contribution in [1.82, 2.24) is 5.48 Å². The Morgan fingerprint density at radius 1 is 1.09 bits per heavy atom. The third-order valence-corrected chi connectivity index (χ3v) is 6.87. The fourth-order valence-electron chi connectivity index (χ4n) is 3.86. The van der Waals surface area contributed by atoms with Crippen molar-refractivity contribution in [2.45, 2.75) is 17.3 Å². The molecule has 0 aromatic heterocycles. The predicted molar refractivity (Wildman–Crippen MR) is 127 cm³/mol. The van der Waals surface area contributed by atoms with Crippen LogP contribution in [0.25, 0.3) is 11.1 Å². The highest BCUT2D eigenvalue weighted by atomic mass is 35.5. The second-order valence-electron chi connectivity index (χ2n) is 7.65. The number of anilines is 2. The first-order chi connectivity index (χ1) is 16.3. The summed E-state index contributed by atoms with van der Waals surface area (Å²) in [5.41, 5.74) is 6.04. The van der Waals surface area contributed by atoms with Gasteiger partial charge in [-0.3, -0.25) is 4.79 Å². The summed E-state index contributed by atoms with van der Waals surface area (Å²) in [6.45, 7) is 0.766. The number of fused-ring (bicyclic) bond motifs is 1. The van der Waals surface area contributed by atoms with Gasteiger partial charge in [-0.1, -0.05) is 29.8 Å². The lowest BCUT2D eigenvalue weighted by Gasteiger charge is -2.31. The van der Waals surface area contributed by atoms with E-state index in [0.717, 1.165) is 51.8 Å². The van der Waals surface area contributed by atoms with Crippen LogP contribution in [-0.4, -0.2) is 30.6 Å². The molecule has 3 aromatic rings. The molecule has 0 spiro atoms. The molecule has 0 radical (unpaired) electrons. The normalized spacial score (nSPS) is 17.7. The maximum Gasteiger partial charge on any atom is 0.416 e. The summed E-state index contributed by atoms with van der Waals surface area (Å²) >= 11 is 8.22. The number of benzene rings is 3. The zero-order valence-electron chi connectivity index (χ0n) is 17.5. The number of nitrogens with zero attached hydrogens (tertiary/aromatic N) is 2. The second-order valence-corrected chi connectivity index (χ2v) is 9.19. The summed E-state index contributed by atoms with van der Waals surface area (Å²) in [7, 11) is 0. The summed E-state index contributed by atoms with van der Waals surface area (Å²) < 4.78 is 38.6. The second kappa shape index (κ2) is 8.98. The molecule has 1 unspecified atom stereocenters. The van der Waals surface area contributed by atoms with E-state index >= 15 is 0 Å². The van der Waals surface area contributed by atoms with Gasteiger partial charge in [-0.05, 0) is 53.6 Å². The molecular formula is C24H17ClF3N3O2S. The average molecular weight is 504 g/mol. The first-order valence-electron chi connectivity index (χ1n) is 10.3. The van der Waals surface area contributed by atoms with Crippen molar-refractivity contribution in [3.05, 3.63) is 76.8 Å². The van der Waals surface area contributed by atoms with E-state index in [4.69, 9.17) is 16.4 Å². The van der Waals surface area contributed by atoms with Crippen LogP contribution in [0.2, 0.25) is 5.02 Å². The van der Waals surface area contributed by atoms with Crippen molar-refractivity contribution in [3.63, 3.8) is 0 Å². The van der Waals surface area contributed by atoms with Crippen molar-refractivity contribution in [2.24, 2.45) is 4.99 Å². The lowest BCUT2D eigenvalue weighted by atomic mass is 10.0. The van der Waals surface area contributed by atoms with Crippen LogP contribution in [0, 0.1) is 0 Å². The number of aliphatic imine (C=N–C) groups is 1. The Morgan fingerprint density at radius 3 is 2.53 bits per heavy atom. The van der Waals surface area contributed by atoms with Crippen LogP contribution in [0.3, 0.4) is 0 Å². The van der Waals surface area contributed by atoms with E-state index in [1.54, 1.807) is 11.8 Å². The fraction of sp³-hybridized carbons (Fsp3) is 0.167. The molecule has 0 amide bonds. The Bertz CT molecular complexity index is 1280. The molecule has 0 aliphatic carbocycles. The van der Waals surface area contributed by atoms with Crippen molar-refractivity contribution in [3.8, 4) is 11.1 Å². The Morgan fingerprint density at radius 2 is 1.85 bits per heavy atom. The minimum Gasteiger partial charge on any atom is -0.340 e. The zero-order chi connectivity index (χ0) is 23.9. The first kappa shape index (κ1) is 22.8. The molecule has 34 heavy (non-hydrogen) atoms. The molecule has 10 heteroatoms. The Hall–Kier alpha value is -3.01. The van der Waals surface area contributed by atoms with E-state index in [1.807, 2.05) is 36.4 Å². The quantitative estimate of drug-likeness (QED) is 0.438. The van der Waals surface area contributed by atoms with E-state index in [2.05, 4.69) is 15.4 Å². The number of halogens is 4. The summed E-state index contributed by atoms with van der Waals surface area (Å²) in [4.78, 5) is 23.2. The minimum absolute atomic E-state index is 0.393. The van der Waals surface area contributed by atoms with Crippen LogP contribution in [0.1, 0.15) is 11.1 Å². The molecule has 0 saturated carbocycles. The van der Waals surface area contributed by atoms with Gasteiger partial charge < -0.3 is 4.90 Å². The number of amidine groups is 1. The van der Waals surface area contributed by atoms with Crippen LogP contribution < -0.4 is 10.4 Å². The molecule has 5 rings (SSSR count). The van der Waals surface area contributed by atoms with Crippen LogP contribution >= 0.6 is 23.4 Å². The largest absolute Gasteiger partial charge is 0.416 e. The average Bonchev–Trinajstić information content (AvgIpc) is 3.32. The fourth-order valence-corrected chi connectivity index (χ4v) is 5.16. The van der Waals surface area contributed by atoms with Crippen LogP contribution in [0.15, 0.2) is 70.6 Å². The number of hydroxylamine groups is 1. The molecule has 2 heterocycles. The van der Waals surface area contributed by atoms with Gasteiger partial charge in [-0.15, -0.1) is 11.8 Å². The SMILES string of the molecule is O=CC1N=C(c2ccc(N3CCSc4cc(-c5ccc(C(F)(F)F)cc5)ccc43)cc2Cl)NO1. The van der Waals surface area contributed by atoms with Crippen molar-refractivity contribution < 1.29 is 22.8 Å². The highest BCUT2D eigenvalue weighted by molar-refractivity contribution is 7.99. The van der Waals surface area contributed by atoms with Gasteiger partial charge >= 0.3 is 6.18 Å². The standard InChI is InChI=1S/C24H17ClF3N3O2S/c25-19-12-17(6-7-18(19)23-29-22(13-32)33-30-23)31-9-10-34-21-11-15(3-8-20(21)31)14-1-4-16(5-2-14)24(26,27)28/h1-8,11-13,22H,9-10H2,(H,29,30). The molecule has 2 aliphatic heterocycles. The van der Waals surface area contributed by atoms with E-state index in [1.165, 1.54) is 12.1 Å². The first-order valence-corrected chi connectivity index (χ1v) is 11.7. The number of rotatable bonds is 4. The zero-order valence-corrected chi connectivity index (χ0v) is 19.0. The van der Waals surface area contributed by atoms with Crippen LogP contribution in [0.5, 0.6) is 0 Å². The van der Waals surface area contributed by atoms with Crippen molar-refractivity contribution >= 4 is 46.9 Å². The van der Waals surface area contributed by atoms with E-state index in [9.17, 15) is 18.0 Å². The molecule has 0 saturated heterocycles. The van der Waals surface area contributed by atoms with E-state index in [0.29, 0.717) is 22.7 Å². The maximum absolute atomic E-state index is 12.9. The molecule has 0 bridgehead atoms. The summed E-state index contributed by atoms with van der Waals surface area (Å²) in [6, 6.07) is 16.6. The van der Waals surface area contributed by atoms with Crippen molar-refractivity contribution in [2.75, 3.05) is 17.2 Å². The molecule has 174 valence electrons. The third-order valence-electron chi connectivity index (χ3n) is 5.54. The monoisotopic (exact) mass is 503 g/mol. The number of alkyl halides is 3. The molecule has 1 N–H and O–H groups in total. The lowest BCUT2D eigenvalue weighted by molar-refractivity contribution is -0.137. The number of nitrogens with one attached hydrogen (secondary N) is 1. The van der Waals surface area contributed by atoms with Gasteiger partial charge in [0.25, 0.3) is 0 Å². The van der Waals surface area contributed by atoms with Gasteiger partial charge in [-0.25, -0.2) is 15.3 Å². The number of carbonyl (C=O) groups excluding carboxylic acids is 1. The lowest BCUT2D eigenvalue weighted by Crippen LogP contribution is -2.24. The number of aldehydes is 1. The number of carbonyl (C=O) groups is 1. The molecule has 3 aromatic carbocycles. The van der Waals surface area contributed by atoms with Gasteiger partial charge in [0.05, 0.1) is 16.3 Å². The summed E-state index contributed by atoms with van der Waals surface area (Å²) in [6.07, 6.45) is -4.66. The highest BCUT2D eigenvalue weighted by Gasteiger charge is 2.30. The van der Waals surface area contributed by atoms with Gasteiger partial charge in [0, 0.05) is 28.4 Å². The highest BCUT2D eigenvalue weighted by Crippen LogP contribution is 2.42. The number of hydrogen-bond donors (Lipinski definition) is 1. The molecule has 0 fully saturated rings. The molecule has 2 aliphatic rings. The minimum atomic E-state index is -4.36. The third kappa shape index (κ3) is 4.38. The summed E-state index contributed by atoms with van der Waals surface area (Å²) in [5, 5.41) is 0.458. The van der Waals surface area contributed by atoms with Gasteiger partial charge in [-0.2, -0.15) is 13.2 Å². The number of hydrogen-bond acceptors (Lipinski definition) is 6. The Balaban J connectivity index is 1.42. The number of thioether (sulfide) groups is 1. The van der Waals surface area contributed by atoms with E-state index in [-0.39, 0.29) is 0 Å². The van der Waals surface area contributed by atoms with E-state index < -0.39 is 18.0 Å².